The number of allylic oxidation sites excluding steroid dienone is 1. The summed E-state index contributed by atoms with van der Waals surface area (Å²) in [5.41, 5.74) is 3.92. The molecular weight excluding hydrogens is 472 g/mol. The first-order valence-corrected chi connectivity index (χ1v) is 11.9. The summed E-state index contributed by atoms with van der Waals surface area (Å²) in [5.74, 6) is -4.17. The lowest BCUT2D eigenvalue weighted by Crippen LogP contribution is -2.54. The van der Waals surface area contributed by atoms with Gasteiger partial charge in [-0.1, -0.05) is 32.4 Å². The number of Topliss-reactive ketones (excluding diaryl/α,β-unsaturated/α-hetero) is 1. The van der Waals surface area contributed by atoms with Crippen molar-refractivity contribution in [3.63, 3.8) is 0 Å². The third-order valence-corrected chi connectivity index (χ3v) is 7.35. The number of primary amides is 1. The Morgan fingerprint density at radius 1 is 1.20 bits per heavy atom. The molecule has 8 nitrogen and oxygen atoms in total. The number of fused-ring (bicyclic) bond motifs is 3. The number of nitrogens with two attached hydrogens (primary N) is 1. The fourth-order valence-corrected chi connectivity index (χ4v) is 5.90. The topological polar surface area (TPSA) is 153 Å². The molecule has 35 heavy (non-hydrogen) atoms. The van der Waals surface area contributed by atoms with E-state index in [2.05, 4.69) is 26.1 Å². The number of phenolic OH excluding ortho intramolecular Hbond substituents is 2. The molecule has 0 saturated carbocycles. The molecule has 2 aromatic rings. The Balaban J connectivity index is 1.84. The number of carbonyl (C=O) groups excluding carboxylic acids is 2. The number of halogens is 1. The summed E-state index contributed by atoms with van der Waals surface area (Å²) < 4.78 is 0. The van der Waals surface area contributed by atoms with Gasteiger partial charge in [-0.2, -0.15) is 0 Å². The van der Waals surface area contributed by atoms with Gasteiger partial charge in [-0.3, -0.25) is 9.59 Å². The van der Waals surface area contributed by atoms with Crippen molar-refractivity contribution >= 4 is 34.1 Å². The van der Waals surface area contributed by atoms with Gasteiger partial charge in [0.15, 0.2) is 5.78 Å². The van der Waals surface area contributed by atoms with Crippen LogP contribution in [0.15, 0.2) is 23.5 Å². The minimum atomic E-state index is -2.02. The first kappa shape index (κ1) is 25.3. The van der Waals surface area contributed by atoms with Crippen LogP contribution in [0.5, 0.6) is 11.5 Å². The van der Waals surface area contributed by atoms with E-state index in [1.807, 2.05) is 0 Å². The maximum absolute atomic E-state index is 13.7. The first-order chi connectivity index (χ1) is 16.1. The largest absolute Gasteiger partial charge is 0.512 e. The van der Waals surface area contributed by atoms with E-state index in [9.17, 15) is 30.0 Å². The maximum atomic E-state index is 13.7. The number of aliphatic hydroxyl groups excluding tert-OH is 1. The number of hydrogen-bond acceptors (Lipinski definition) is 7. The molecule has 0 bridgehead atoms. The second-order valence-electron chi connectivity index (χ2n) is 11.1. The quantitative estimate of drug-likeness (QED) is 0.374. The lowest BCUT2D eigenvalue weighted by Gasteiger charge is -2.44. The molecule has 3 atom stereocenters. The molecule has 0 aromatic heterocycles. The van der Waals surface area contributed by atoms with Gasteiger partial charge in [-0.05, 0) is 42.4 Å². The van der Waals surface area contributed by atoms with Gasteiger partial charge in [-0.25, -0.2) is 0 Å². The fraction of sp³-hybridized carbons (Fsp3) is 0.462. The number of rotatable bonds is 4. The van der Waals surface area contributed by atoms with Gasteiger partial charge in [0, 0.05) is 35.5 Å². The summed E-state index contributed by atoms with van der Waals surface area (Å²) in [5, 5.41) is 47.9. The zero-order valence-electron chi connectivity index (χ0n) is 20.2. The van der Waals surface area contributed by atoms with Crippen molar-refractivity contribution in [1.82, 2.24) is 5.32 Å². The van der Waals surface area contributed by atoms with Crippen molar-refractivity contribution < 1.29 is 30.0 Å². The number of aliphatic hydroxyl groups is 2. The molecule has 2 aliphatic carbocycles. The Morgan fingerprint density at radius 2 is 1.86 bits per heavy atom. The third-order valence-electron chi connectivity index (χ3n) is 7.04. The van der Waals surface area contributed by atoms with Gasteiger partial charge in [0.1, 0.15) is 22.9 Å². The number of carbonyl (C=O) groups is 2. The average molecular weight is 503 g/mol. The Labute approximate surface area is 208 Å². The van der Waals surface area contributed by atoms with Crippen molar-refractivity contribution in [2.45, 2.75) is 52.7 Å². The molecule has 1 amide bonds. The van der Waals surface area contributed by atoms with Crippen LogP contribution in [0, 0.1) is 17.3 Å². The zero-order chi connectivity index (χ0) is 26.0. The summed E-state index contributed by atoms with van der Waals surface area (Å²) in [7, 11) is 0. The fourth-order valence-electron chi connectivity index (χ4n) is 5.62. The van der Waals surface area contributed by atoms with E-state index in [-0.39, 0.29) is 40.7 Å². The molecule has 0 heterocycles. The Bertz CT molecular complexity index is 1290. The van der Waals surface area contributed by atoms with Gasteiger partial charge in [-0.15, -0.1) is 0 Å². The highest BCUT2D eigenvalue weighted by Crippen LogP contribution is 2.51. The van der Waals surface area contributed by atoms with Gasteiger partial charge < -0.3 is 31.5 Å². The Morgan fingerprint density at radius 3 is 2.46 bits per heavy atom. The normalized spacial score (nSPS) is 24.5. The van der Waals surface area contributed by atoms with Crippen molar-refractivity contribution in [2.24, 2.45) is 23.0 Å². The van der Waals surface area contributed by atoms with E-state index >= 15 is 0 Å². The van der Waals surface area contributed by atoms with Crippen molar-refractivity contribution in [3.8, 4) is 11.5 Å². The van der Waals surface area contributed by atoms with Crippen LogP contribution in [0.2, 0.25) is 5.02 Å². The molecule has 0 fully saturated rings. The first-order valence-electron chi connectivity index (χ1n) is 11.5. The average Bonchev–Trinajstić information content (AvgIpc) is 2.68. The molecule has 188 valence electrons. The molecule has 4 rings (SSSR count). The molecular formula is C26H31ClN2O6. The van der Waals surface area contributed by atoms with Crippen LogP contribution in [-0.4, -0.2) is 44.3 Å². The number of ketones is 1. The standard InChI is InChI=1S/C26H31ClN2O6/c1-25(2,3)10-29-9-13-7-15(27)14-6-11-5-12-8-16(30)20(24(28)34)26(4,35)19(12)23(33)17(11)22(32)18(14)21(13)31/h6-7,12,19,29-32,35H,5,8-10H2,1-4H3,(H2,28,34). The third kappa shape index (κ3) is 4.13. The van der Waals surface area contributed by atoms with E-state index in [1.54, 1.807) is 12.1 Å². The van der Waals surface area contributed by atoms with Crippen LogP contribution in [0.1, 0.15) is 55.6 Å². The van der Waals surface area contributed by atoms with E-state index in [1.165, 1.54) is 6.92 Å². The van der Waals surface area contributed by atoms with Crippen molar-refractivity contribution in [2.75, 3.05) is 6.54 Å². The lowest BCUT2D eigenvalue weighted by molar-refractivity contribution is -0.118. The van der Waals surface area contributed by atoms with E-state index < -0.39 is 40.4 Å². The molecule has 0 radical (unpaired) electrons. The minimum absolute atomic E-state index is 0.0135. The molecule has 2 aliphatic rings. The highest BCUT2D eigenvalue weighted by molar-refractivity contribution is 6.36. The highest BCUT2D eigenvalue weighted by atomic mass is 35.5. The molecule has 0 saturated heterocycles. The smallest absolute Gasteiger partial charge is 0.250 e. The summed E-state index contributed by atoms with van der Waals surface area (Å²) in [4.78, 5) is 25.6. The number of hydrogen-bond donors (Lipinski definition) is 6. The van der Waals surface area contributed by atoms with Crippen molar-refractivity contribution in [3.05, 3.63) is 45.2 Å². The molecule has 9 heteroatoms. The van der Waals surface area contributed by atoms with Crippen LogP contribution in [0.4, 0.5) is 0 Å². The van der Waals surface area contributed by atoms with Gasteiger partial charge in [0.05, 0.1) is 22.4 Å². The number of nitrogens with one attached hydrogen (secondary N) is 1. The van der Waals surface area contributed by atoms with Crippen LogP contribution < -0.4 is 11.1 Å². The highest BCUT2D eigenvalue weighted by Gasteiger charge is 2.54. The van der Waals surface area contributed by atoms with E-state index in [0.29, 0.717) is 34.6 Å². The van der Waals surface area contributed by atoms with Crippen LogP contribution >= 0.6 is 11.6 Å². The monoisotopic (exact) mass is 502 g/mol. The Hall–Kier alpha value is -2.81. The summed E-state index contributed by atoms with van der Waals surface area (Å²) in [6.07, 6.45) is 0.230. The molecule has 2 aromatic carbocycles. The van der Waals surface area contributed by atoms with Gasteiger partial charge in [0.25, 0.3) is 5.91 Å². The molecule has 3 unspecified atom stereocenters. The Kier molecular flexibility index (Phi) is 6.07. The van der Waals surface area contributed by atoms with E-state index in [4.69, 9.17) is 17.3 Å². The van der Waals surface area contributed by atoms with Crippen LogP contribution in [0.3, 0.4) is 0 Å². The van der Waals surface area contributed by atoms with Crippen molar-refractivity contribution in [1.29, 1.82) is 0 Å². The predicted octanol–water partition coefficient (Wildman–Crippen LogP) is 3.46. The molecule has 7 N–H and O–H groups in total. The zero-order valence-corrected chi connectivity index (χ0v) is 21.0. The molecule has 0 spiro atoms. The van der Waals surface area contributed by atoms with Gasteiger partial charge >= 0.3 is 0 Å². The predicted molar refractivity (Wildman–Crippen MR) is 133 cm³/mol. The van der Waals surface area contributed by atoms with Gasteiger partial charge in [0.2, 0.25) is 0 Å². The number of phenols is 2. The minimum Gasteiger partial charge on any atom is -0.512 e. The number of benzene rings is 2. The van der Waals surface area contributed by atoms with Crippen LogP contribution in [0.25, 0.3) is 10.8 Å². The second kappa shape index (κ2) is 8.40. The summed E-state index contributed by atoms with van der Waals surface area (Å²) in [6, 6.07) is 3.29. The maximum Gasteiger partial charge on any atom is 0.250 e. The van der Waals surface area contributed by atoms with Crippen LogP contribution in [-0.2, 0) is 17.8 Å². The summed E-state index contributed by atoms with van der Waals surface area (Å²) in [6.45, 7) is 8.47. The van der Waals surface area contributed by atoms with E-state index in [0.717, 1.165) is 0 Å². The summed E-state index contributed by atoms with van der Waals surface area (Å²) >= 11 is 6.54. The number of aromatic hydroxyl groups is 2. The second-order valence-corrected chi connectivity index (χ2v) is 11.5. The molecule has 0 aliphatic heterocycles. The number of amides is 1. The lowest BCUT2D eigenvalue weighted by atomic mass is 9.61. The SMILES string of the molecule is CC(C)(C)CNCc1cc(Cl)c2cc3c(c(O)c2c1O)C(=O)C1C(CC(O)=C(C(N)=O)C1(C)O)C3.